The summed E-state index contributed by atoms with van der Waals surface area (Å²) in [5.41, 5.74) is 2.36. The standard InChI is InChI=1S/C20H30O2/c1-5-6-8-13-18(14-17-11-9-7-10-12-17)19-21-16(2)15-20(3,4)22-19/h7,9-12,14,16,19H,5-6,8,13,15H2,1-4H3/b18-14+. The molecule has 2 nitrogen and oxygen atoms in total. The average Bonchev–Trinajstić information content (AvgIpc) is 2.45. The molecule has 0 saturated carbocycles. The highest BCUT2D eigenvalue weighted by molar-refractivity contribution is 5.53. The van der Waals surface area contributed by atoms with Gasteiger partial charge in [-0.2, -0.15) is 0 Å². The van der Waals surface area contributed by atoms with Gasteiger partial charge in [0.25, 0.3) is 0 Å². The molecule has 0 amide bonds. The summed E-state index contributed by atoms with van der Waals surface area (Å²) in [4.78, 5) is 0. The van der Waals surface area contributed by atoms with Crippen molar-refractivity contribution in [1.82, 2.24) is 0 Å². The van der Waals surface area contributed by atoms with Gasteiger partial charge in [-0.1, -0.05) is 56.2 Å². The highest BCUT2D eigenvalue weighted by Crippen LogP contribution is 2.32. The van der Waals surface area contributed by atoms with Crippen molar-refractivity contribution in [2.24, 2.45) is 0 Å². The summed E-state index contributed by atoms with van der Waals surface area (Å²) >= 11 is 0. The summed E-state index contributed by atoms with van der Waals surface area (Å²) in [6.07, 6.45) is 7.91. The highest BCUT2D eigenvalue weighted by atomic mass is 16.7. The van der Waals surface area contributed by atoms with Crippen molar-refractivity contribution in [1.29, 1.82) is 0 Å². The van der Waals surface area contributed by atoms with Crippen molar-refractivity contribution in [3.05, 3.63) is 41.5 Å². The third-order valence-corrected chi connectivity index (χ3v) is 4.08. The van der Waals surface area contributed by atoms with Gasteiger partial charge < -0.3 is 9.47 Å². The SMILES string of the molecule is CCCCC/C(=C\c1ccccc1)C1OC(C)CC(C)(C)O1. The summed E-state index contributed by atoms with van der Waals surface area (Å²) in [6, 6.07) is 10.5. The summed E-state index contributed by atoms with van der Waals surface area (Å²) in [5, 5.41) is 0. The van der Waals surface area contributed by atoms with Gasteiger partial charge in [0.05, 0.1) is 11.7 Å². The topological polar surface area (TPSA) is 18.5 Å². The molecular formula is C20H30O2. The molecule has 0 N–H and O–H groups in total. The zero-order valence-electron chi connectivity index (χ0n) is 14.5. The Hall–Kier alpha value is -1.12. The first-order valence-corrected chi connectivity index (χ1v) is 8.59. The van der Waals surface area contributed by atoms with Crippen LogP contribution in [0.1, 0.15) is 65.4 Å². The van der Waals surface area contributed by atoms with Gasteiger partial charge in [0.2, 0.25) is 0 Å². The second-order valence-electron chi connectivity index (χ2n) is 6.95. The van der Waals surface area contributed by atoms with E-state index >= 15 is 0 Å². The molecule has 122 valence electrons. The number of hydrogen-bond donors (Lipinski definition) is 0. The highest BCUT2D eigenvalue weighted by Gasteiger charge is 2.34. The van der Waals surface area contributed by atoms with Gasteiger partial charge in [-0.25, -0.2) is 0 Å². The minimum atomic E-state index is -0.212. The predicted octanol–water partition coefficient (Wildman–Crippen LogP) is 5.58. The van der Waals surface area contributed by atoms with E-state index < -0.39 is 0 Å². The first-order valence-electron chi connectivity index (χ1n) is 8.59. The fourth-order valence-electron chi connectivity index (χ4n) is 3.08. The van der Waals surface area contributed by atoms with E-state index in [1.807, 2.05) is 6.07 Å². The van der Waals surface area contributed by atoms with Crippen LogP contribution in [0.3, 0.4) is 0 Å². The number of rotatable bonds is 6. The lowest BCUT2D eigenvalue weighted by molar-refractivity contribution is -0.252. The van der Waals surface area contributed by atoms with Crippen LogP contribution in [-0.2, 0) is 9.47 Å². The first kappa shape index (κ1) is 17.2. The molecule has 2 unspecified atom stereocenters. The number of ether oxygens (including phenoxy) is 2. The Morgan fingerprint density at radius 2 is 1.95 bits per heavy atom. The molecule has 1 saturated heterocycles. The van der Waals surface area contributed by atoms with Crippen molar-refractivity contribution < 1.29 is 9.47 Å². The molecule has 2 heteroatoms. The van der Waals surface area contributed by atoms with Crippen LogP contribution >= 0.6 is 0 Å². The molecule has 2 atom stereocenters. The van der Waals surface area contributed by atoms with E-state index in [9.17, 15) is 0 Å². The van der Waals surface area contributed by atoms with E-state index in [0.29, 0.717) is 0 Å². The average molecular weight is 302 g/mol. The van der Waals surface area contributed by atoms with Crippen LogP contribution in [0.25, 0.3) is 6.08 Å². The second kappa shape index (κ2) is 7.94. The smallest absolute Gasteiger partial charge is 0.181 e. The fraction of sp³-hybridized carbons (Fsp3) is 0.600. The summed E-state index contributed by atoms with van der Waals surface area (Å²) in [7, 11) is 0. The number of unbranched alkanes of at least 4 members (excludes halogenated alkanes) is 2. The molecule has 1 fully saturated rings. The van der Waals surface area contributed by atoms with Gasteiger partial charge in [0.15, 0.2) is 6.29 Å². The van der Waals surface area contributed by atoms with E-state index in [2.05, 4.69) is 58.0 Å². The molecule has 0 bridgehead atoms. The van der Waals surface area contributed by atoms with Gasteiger partial charge in [-0.05, 0) is 44.7 Å². The lowest BCUT2D eigenvalue weighted by Gasteiger charge is -2.40. The van der Waals surface area contributed by atoms with Crippen molar-refractivity contribution in [2.75, 3.05) is 0 Å². The minimum Gasteiger partial charge on any atom is -0.346 e. The molecule has 0 aromatic heterocycles. The van der Waals surface area contributed by atoms with Crippen molar-refractivity contribution in [3.8, 4) is 0 Å². The summed E-state index contributed by atoms with van der Waals surface area (Å²) in [6.45, 7) is 8.69. The maximum absolute atomic E-state index is 6.22. The van der Waals surface area contributed by atoms with E-state index in [-0.39, 0.29) is 18.0 Å². The molecule has 1 heterocycles. The van der Waals surface area contributed by atoms with E-state index in [0.717, 1.165) is 12.8 Å². The van der Waals surface area contributed by atoms with Crippen molar-refractivity contribution >= 4 is 6.08 Å². The van der Waals surface area contributed by atoms with E-state index in [4.69, 9.17) is 9.47 Å². The molecule has 1 aliphatic heterocycles. The minimum absolute atomic E-state index is 0.122. The van der Waals surface area contributed by atoms with Crippen LogP contribution < -0.4 is 0 Å². The van der Waals surface area contributed by atoms with Gasteiger partial charge in [-0.3, -0.25) is 0 Å². The Morgan fingerprint density at radius 1 is 1.23 bits per heavy atom. The van der Waals surface area contributed by atoms with Crippen molar-refractivity contribution in [3.63, 3.8) is 0 Å². The molecule has 0 spiro atoms. The molecule has 2 rings (SSSR count). The maximum Gasteiger partial charge on any atom is 0.181 e. The Balaban J connectivity index is 2.18. The molecular weight excluding hydrogens is 272 g/mol. The monoisotopic (exact) mass is 302 g/mol. The van der Waals surface area contributed by atoms with Crippen molar-refractivity contribution in [2.45, 2.75) is 77.8 Å². The van der Waals surface area contributed by atoms with Crippen LogP contribution in [-0.4, -0.2) is 18.0 Å². The van der Waals surface area contributed by atoms with Gasteiger partial charge in [0, 0.05) is 6.42 Å². The Morgan fingerprint density at radius 3 is 2.59 bits per heavy atom. The van der Waals surface area contributed by atoms with Crippen LogP contribution in [0, 0.1) is 0 Å². The lowest BCUT2D eigenvalue weighted by atomic mass is 9.97. The number of hydrogen-bond acceptors (Lipinski definition) is 2. The van der Waals surface area contributed by atoms with Crippen LogP contribution in [0.5, 0.6) is 0 Å². The summed E-state index contributed by atoms with van der Waals surface area (Å²) in [5.74, 6) is 0. The maximum atomic E-state index is 6.22. The Bertz CT molecular complexity index is 476. The zero-order valence-corrected chi connectivity index (χ0v) is 14.5. The quantitative estimate of drug-likeness (QED) is 0.639. The third-order valence-electron chi connectivity index (χ3n) is 4.08. The molecule has 22 heavy (non-hydrogen) atoms. The first-order chi connectivity index (χ1) is 10.5. The van der Waals surface area contributed by atoms with Gasteiger partial charge in [-0.15, -0.1) is 0 Å². The Kier molecular flexibility index (Phi) is 6.22. The molecule has 0 aliphatic carbocycles. The molecule has 1 aromatic rings. The number of benzene rings is 1. The van der Waals surface area contributed by atoms with Crippen LogP contribution in [0.4, 0.5) is 0 Å². The predicted molar refractivity (Wildman–Crippen MR) is 92.7 cm³/mol. The van der Waals surface area contributed by atoms with Crippen LogP contribution in [0.15, 0.2) is 35.9 Å². The zero-order chi connectivity index (χ0) is 16.0. The molecule has 1 aromatic carbocycles. The summed E-state index contributed by atoms with van der Waals surface area (Å²) < 4.78 is 12.3. The molecule has 1 aliphatic rings. The van der Waals surface area contributed by atoms with Crippen LogP contribution in [0.2, 0.25) is 0 Å². The third kappa shape index (κ3) is 5.26. The Labute approximate surface area is 135 Å². The van der Waals surface area contributed by atoms with E-state index in [1.54, 1.807) is 0 Å². The van der Waals surface area contributed by atoms with E-state index in [1.165, 1.54) is 30.4 Å². The van der Waals surface area contributed by atoms with Gasteiger partial charge >= 0.3 is 0 Å². The second-order valence-corrected chi connectivity index (χ2v) is 6.95. The fourth-order valence-corrected chi connectivity index (χ4v) is 3.08. The normalized spacial score (nSPS) is 25.2. The largest absolute Gasteiger partial charge is 0.346 e. The molecule has 0 radical (unpaired) electrons. The van der Waals surface area contributed by atoms with Gasteiger partial charge in [0.1, 0.15) is 0 Å². The lowest BCUT2D eigenvalue weighted by Crippen LogP contribution is -2.43.